The van der Waals surface area contributed by atoms with E-state index in [0.717, 1.165) is 11.8 Å². The van der Waals surface area contributed by atoms with Gasteiger partial charge in [0.2, 0.25) is 10.0 Å². The smallest absolute Gasteiger partial charge is 0.258 e. The molecule has 1 heterocycles. The quantitative estimate of drug-likeness (QED) is 0.655. The van der Waals surface area contributed by atoms with Gasteiger partial charge in [-0.1, -0.05) is 19.9 Å². The molecule has 0 spiro atoms. The van der Waals surface area contributed by atoms with Crippen LogP contribution in [-0.4, -0.2) is 52.9 Å². The van der Waals surface area contributed by atoms with Gasteiger partial charge in [-0.2, -0.15) is 4.31 Å². The Labute approximate surface area is 184 Å². The minimum absolute atomic E-state index is 0.0924. The van der Waals surface area contributed by atoms with E-state index in [9.17, 15) is 21.6 Å². The van der Waals surface area contributed by atoms with Crippen molar-refractivity contribution >= 4 is 31.5 Å². The highest BCUT2D eigenvalue weighted by Gasteiger charge is 2.28. The Morgan fingerprint density at radius 3 is 2.26 bits per heavy atom. The summed E-state index contributed by atoms with van der Waals surface area (Å²) >= 11 is 0. The zero-order chi connectivity index (χ0) is 23.0. The first-order chi connectivity index (χ1) is 14.5. The number of fused-ring (bicyclic) bond motifs is 1. The van der Waals surface area contributed by atoms with Gasteiger partial charge in [0.25, 0.3) is 5.91 Å². The molecule has 3 rings (SSSR count). The van der Waals surface area contributed by atoms with E-state index in [4.69, 9.17) is 0 Å². The van der Waals surface area contributed by atoms with Crippen molar-refractivity contribution in [3.05, 3.63) is 53.1 Å². The molecule has 2 aromatic rings. The normalized spacial score (nSPS) is 14.5. The lowest BCUT2D eigenvalue weighted by Gasteiger charge is -2.30. The zero-order valence-electron chi connectivity index (χ0n) is 18.3. The summed E-state index contributed by atoms with van der Waals surface area (Å²) in [7, 11) is -7.03. The number of anilines is 1. The van der Waals surface area contributed by atoms with Crippen LogP contribution in [0.15, 0.2) is 46.2 Å². The molecule has 1 aliphatic rings. The third kappa shape index (κ3) is 4.53. The molecule has 1 aliphatic heterocycles. The van der Waals surface area contributed by atoms with Gasteiger partial charge >= 0.3 is 0 Å². The predicted octanol–water partition coefficient (Wildman–Crippen LogP) is 3.02. The molecule has 0 N–H and O–H groups in total. The van der Waals surface area contributed by atoms with E-state index in [0.29, 0.717) is 49.3 Å². The van der Waals surface area contributed by atoms with E-state index in [-0.39, 0.29) is 15.7 Å². The SMILES string of the molecule is CCN(CC)S(=O)(=O)c1ccc(C)c(C(=O)N2CCCc3cc(S(C)(=O)=O)ccc32)c1. The minimum Gasteiger partial charge on any atom is -0.308 e. The van der Waals surface area contributed by atoms with Gasteiger partial charge in [0.1, 0.15) is 0 Å². The molecule has 1 amide bonds. The number of sulfonamides is 1. The lowest BCUT2D eigenvalue weighted by Crippen LogP contribution is -2.36. The number of hydrogen-bond acceptors (Lipinski definition) is 5. The molecule has 0 saturated heterocycles. The number of benzene rings is 2. The van der Waals surface area contributed by atoms with Gasteiger partial charge in [-0.25, -0.2) is 16.8 Å². The number of amides is 1. The number of rotatable bonds is 6. The largest absolute Gasteiger partial charge is 0.308 e. The van der Waals surface area contributed by atoms with E-state index < -0.39 is 19.9 Å². The molecule has 0 fully saturated rings. The van der Waals surface area contributed by atoms with Crippen LogP contribution in [0.2, 0.25) is 0 Å². The van der Waals surface area contributed by atoms with Gasteiger partial charge in [-0.15, -0.1) is 0 Å². The van der Waals surface area contributed by atoms with Crippen molar-refractivity contribution in [2.45, 2.75) is 43.4 Å². The van der Waals surface area contributed by atoms with Crippen LogP contribution in [0.4, 0.5) is 5.69 Å². The molecule has 0 radical (unpaired) electrons. The van der Waals surface area contributed by atoms with Gasteiger partial charge in [0.05, 0.1) is 9.79 Å². The maximum absolute atomic E-state index is 13.5. The summed E-state index contributed by atoms with van der Waals surface area (Å²) in [5, 5.41) is 0. The molecule has 0 aliphatic carbocycles. The fourth-order valence-electron chi connectivity index (χ4n) is 3.87. The molecular weight excluding hydrogens is 436 g/mol. The standard InChI is InChI=1S/C22H28N2O5S2/c1-5-23(6-2)31(28,29)19-10-9-16(3)20(15-19)22(25)24-13-7-8-17-14-18(30(4,26)27)11-12-21(17)24/h9-12,14-15H,5-8,13H2,1-4H3. The van der Waals surface area contributed by atoms with Crippen molar-refractivity contribution in [3.63, 3.8) is 0 Å². The molecular formula is C22H28N2O5S2. The van der Waals surface area contributed by atoms with Crippen LogP contribution < -0.4 is 4.90 Å². The number of sulfone groups is 1. The highest BCUT2D eigenvalue weighted by atomic mass is 32.2. The van der Waals surface area contributed by atoms with Gasteiger partial charge in [0.15, 0.2) is 9.84 Å². The first-order valence-electron chi connectivity index (χ1n) is 10.3. The molecule has 0 saturated carbocycles. The van der Waals surface area contributed by atoms with E-state index in [1.165, 1.54) is 22.5 Å². The summed E-state index contributed by atoms with van der Waals surface area (Å²) in [6.07, 6.45) is 2.53. The third-order valence-corrected chi connectivity index (χ3v) is 8.78. The Kier molecular flexibility index (Phi) is 6.59. The Bertz CT molecular complexity index is 1220. The van der Waals surface area contributed by atoms with Gasteiger partial charge in [0, 0.05) is 37.1 Å². The molecule has 31 heavy (non-hydrogen) atoms. The molecule has 168 valence electrons. The Morgan fingerprint density at radius 2 is 1.65 bits per heavy atom. The fourth-order valence-corrected chi connectivity index (χ4v) is 6.02. The maximum atomic E-state index is 13.5. The zero-order valence-corrected chi connectivity index (χ0v) is 19.9. The molecule has 0 unspecified atom stereocenters. The van der Waals surface area contributed by atoms with Crippen LogP contribution in [0, 0.1) is 6.92 Å². The summed E-state index contributed by atoms with van der Waals surface area (Å²) < 4.78 is 51.0. The monoisotopic (exact) mass is 464 g/mol. The number of carbonyl (C=O) groups excluding carboxylic acids is 1. The maximum Gasteiger partial charge on any atom is 0.258 e. The molecule has 2 aromatic carbocycles. The van der Waals surface area contributed by atoms with Crippen LogP contribution >= 0.6 is 0 Å². The second kappa shape index (κ2) is 8.72. The summed E-state index contributed by atoms with van der Waals surface area (Å²) in [5.74, 6) is -0.290. The van der Waals surface area contributed by atoms with E-state index in [2.05, 4.69) is 0 Å². The summed E-state index contributed by atoms with van der Waals surface area (Å²) in [6.45, 7) is 6.50. The van der Waals surface area contributed by atoms with Gasteiger partial charge in [-0.05, 0) is 61.2 Å². The van der Waals surface area contributed by atoms with Gasteiger partial charge < -0.3 is 4.90 Å². The van der Waals surface area contributed by atoms with E-state index in [1.54, 1.807) is 43.9 Å². The second-order valence-corrected chi connectivity index (χ2v) is 11.6. The number of hydrogen-bond donors (Lipinski definition) is 0. The molecule has 0 aromatic heterocycles. The van der Waals surface area contributed by atoms with Gasteiger partial charge in [-0.3, -0.25) is 4.79 Å². The van der Waals surface area contributed by atoms with Crippen LogP contribution in [0.25, 0.3) is 0 Å². The van der Waals surface area contributed by atoms with Crippen LogP contribution in [-0.2, 0) is 26.3 Å². The molecule has 7 nitrogen and oxygen atoms in total. The first kappa shape index (κ1) is 23.4. The van der Waals surface area contributed by atoms with Crippen LogP contribution in [0.3, 0.4) is 0 Å². The van der Waals surface area contributed by atoms with Crippen molar-refractivity contribution < 1.29 is 21.6 Å². The van der Waals surface area contributed by atoms with E-state index in [1.807, 2.05) is 0 Å². The van der Waals surface area contributed by atoms with Crippen molar-refractivity contribution in [1.29, 1.82) is 0 Å². The summed E-state index contributed by atoms with van der Waals surface area (Å²) in [5.41, 5.74) is 2.48. The average Bonchev–Trinajstić information content (AvgIpc) is 2.72. The molecule has 0 bridgehead atoms. The Hall–Kier alpha value is -2.23. The van der Waals surface area contributed by atoms with Crippen molar-refractivity contribution in [2.24, 2.45) is 0 Å². The van der Waals surface area contributed by atoms with E-state index >= 15 is 0 Å². The molecule has 0 atom stereocenters. The lowest BCUT2D eigenvalue weighted by atomic mass is 9.99. The summed E-state index contributed by atoms with van der Waals surface area (Å²) in [4.78, 5) is 15.4. The third-order valence-electron chi connectivity index (χ3n) is 5.63. The van der Waals surface area contributed by atoms with Crippen LogP contribution in [0.1, 0.15) is 41.8 Å². The first-order valence-corrected chi connectivity index (χ1v) is 13.6. The number of nitrogens with zero attached hydrogens (tertiary/aromatic N) is 2. The topological polar surface area (TPSA) is 91.8 Å². The second-order valence-electron chi connectivity index (χ2n) is 7.69. The van der Waals surface area contributed by atoms with Crippen molar-refractivity contribution in [1.82, 2.24) is 4.31 Å². The Balaban J connectivity index is 2.04. The average molecular weight is 465 g/mol. The highest BCUT2D eigenvalue weighted by Crippen LogP contribution is 2.31. The van der Waals surface area contributed by atoms with Crippen molar-refractivity contribution in [3.8, 4) is 0 Å². The fraction of sp³-hybridized carbons (Fsp3) is 0.409. The predicted molar refractivity (Wildman–Crippen MR) is 121 cm³/mol. The van der Waals surface area contributed by atoms with Crippen LogP contribution in [0.5, 0.6) is 0 Å². The Morgan fingerprint density at radius 1 is 1.00 bits per heavy atom. The number of aryl methyl sites for hydroxylation is 2. The lowest BCUT2D eigenvalue weighted by molar-refractivity contribution is 0.0984. The highest BCUT2D eigenvalue weighted by molar-refractivity contribution is 7.90. The minimum atomic E-state index is -3.69. The molecule has 9 heteroatoms. The number of carbonyl (C=O) groups is 1. The summed E-state index contributed by atoms with van der Waals surface area (Å²) in [6, 6.07) is 9.43. The van der Waals surface area contributed by atoms with Crippen molar-refractivity contribution in [2.75, 3.05) is 30.8 Å².